The molecule has 4 heteroatoms. The van der Waals surface area contributed by atoms with Crippen LogP contribution >= 0.6 is 0 Å². The zero-order chi connectivity index (χ0) is 15.1. The van der Waals surface area contributed by atoms with E-state index in [-0.39, 0.29) is 11.8 Å². The van der Waals surface area contributed by atoms with Crippen molar-refractivity contribution in [2.24, 2.45) is 11.8 Å². The van der Waals surface area contributed by atoms with E-state index in [9.17, 15) is 9.59 Å². The Morgan fingerprint density at radius 1 is 1.10 bits per heavy atom. The van der Waals surface area contributed by atoms with Crippen LogP contribution in [0.4, 0.5) is 5.69 Å². The van der Waals surface area contributed by atoms with E-state index in [1.54, 1.807) is 24.3 Å². The minimum atomic E-state index is -0.112. The van der Waals surface area contributed by atoms with E-state index in [2.05, 4.69) is 10.6 Å². The first-order chi connectivity index (χ1) is 9.38. The molecule has 0 unspecified atom stereocenters. The Hall–Kier alpha value is -1.84. The highest BCUT2D eigenvalue weighted by atomic mass is 16.2. The SMILES string of the molecule is CC(C)CNC(=O)c1cccc(NC(=O)CC(C)C)c1. The van der Waals surface area contributed by atoms with Gasteiger partial charge in [0.05, 0.1) is 0 Å². The number of anilines is 1. The molecule has 110 valence electrons. The summed E-state index contributed by atoms with van der Waals surface area (Å²) in [5.74, 6) is 0.582. The molecule has 1 aromatic rings. The summed E-state index contributed by atoms with van der Waals surface area (Å²) in [4.78, 5) is 23.6. The lowest BCUT2D eigenvalue weighted by atomic mass is 10.1. The summed E-state index contributed by atoms with van der Waals surface area (Å²) in [7, 11) is 0. The Morgan fingerprint density at radius 3 is 2.40 bits per heavy atom. The van der Waals surface area contributed by atoms with Crippen LogP contribution in [0, 0.1) is 11.8 Å². The van der Waals surface area contributed by atoms with Gasteiger partial charge in [0, 0.05) is 24.2 Å². The van der Waals surface area contributed by atoms with Crippen LogP contribution in [-0.4, -0.2) is 18.4 Å². The largest absolute Gasteiger partial charge is 0.352 e. The Morgan fingerprint density at radius 2 is 1.80 bits per heavy atom. The van der Waals surface area contributed by atoms with Crippen molar-refractivity contribution in [3.63, 3.8) is 0 Å². The summed E-state index contributed by atoms with van der Waals surface area (Å²) >= 11 is 0. The van der Waals surface area contributed by atoms with E-state index in [1.165, 1.54) is 0 Å². The summed E-state index contributed by atoms with van der Waals surface area (Å²) < 4.78 is 0. The van der Waals surface area contributed by atoms with Crippen molar-refractivity contribution in [2.75, 3.05) is 11.9 Å². The molecule has 0 fully saturated rings. The summed E-state index contributed by atoms with van der Waals surface area (Å²) in [6, 6.07) is 7.01. The lowest BCUT2D eigenvalue weighted by Crippen LogP contribution is -2.27. The van der Waals surface area contributed by atoms with Crippen molar-refractivity contribution in [3.05, 3.63) is 29.8 Å². The molecule has 0 radical (unpaired) electrons. The van der Waals surface area contributed by atoms with Crippen LogP contribution < -0.4 is 10.6 Å². The molecule has 0 spiro atoms. The number of hydrogen-bond acceptors (Lipinski definition) is 2. The molecule has 0 saturated carbocycles. The van der Waals surface area contributed by atoms with Gasteiger partial charge >= 0.3 is 0 Å². The molecule has 0 aromatic heterocycles. The van der Waals surface area contributed by atoms with Gasteiger partial charge in [-0.1, -0.05) is 33.8 Å². The van der Waals surface area contributed by atoms with Crippen molar-refractivity contribution in [3.8, 4) is 0 Å². The van der Waals surface area contributed by atoms with Crippen LogP contribution in [0.1, 0.15) is 44.5 Å². The predicted octanol–water partition coefficient (Wildman–Crippen LogP) is 3.06. The maximum absolute atomic E-state index is 11.9. The molecule has 2 amide bonds. The van der Waals surface area contributed by atoms with Crippen molar-refractivity contribution >= 4 is 17.5 Å². The van der Waals surface area contributed by atoms with E-state index < -0.39 is 0 Å². The third kappa shape index (κ3) is 5.87. The third-order valence-electron chi connectivity index (χ3n) is 2.67. The van der Waals surface area contributed by atoms with Crippen LogP contribution in [0.2, 0.25) is 0 Å². The summed E-state index contributed by atoms with van der Waals surface area (Å²) in [5.41, 5.74) is 1.22. The number of carbonyl (C=O) groups excluding carboxylic acids is 2. The first-order valence-corrected chi connectivity index (χ1v) is 7.06. The van der Waals surface area contributed by atoms with Gasteiger partial charge in [-0.05, 0) is 30.0 Å². The van der Waals surface area contributed by atoms with Crippen LogP contribution in [-0.2, 0) is 4.79 Å². The number of nitrogens with one attached hydrogen (secondary N) is 2. The molecule has 1 aromatic carbocycles. The Balaban J connectivity index is 2.65. The van der Waals surface area contributed by atoms with E-state index >= 15 is 0 Å². The molecule has 0 atom stereocenters. The van der Waals surface area contributed by atoms with Gasteiger partial charge in [0.15, 0.2) is 0 Å². The Labute approximate surface area is 121 Å². The van der Waals surface area contributed by atoms with Gasteiger partial charge in [-0.2, -0.15) is 0 Å². The first-order valence-electron chi connectivity index (χ1n) is 7.06. The first kappa shape index (κ1) is 16.2. The Bertz CT molecular complexity index is 467. The fraction of sp³-hybridized carbons (Fsp3) is 0.500. The van der Waals surface area contributed by atoms with Crippen molar-refractivity contribution in [1.82, 2.24) is 5.32 Å². The third-order valence-corrected chi connectivity index (χ3v) is 2.67. The smallest absolute Gasteiger partial charge is 0.251 e. The van der Waals surface area contributed by atoms with Gasteiger partial charge in [0.1, 0.15) is 0 Å². The lowest BCUT2D eigenvalue weighted by molar-refractivity contribution is -0.116. The van der Waals surface area contributed by atoms with Gasteiger partial charge in [-0.3, -0.25) is 9.59 Å². The number of carbonyl (C=O) groups is 2. The average molecular weight is 276 g/mol. The maximum atomic E-state index is 11.9. The van der Waals surface area contributed by atoms with Crippen molar-refractivity contribution in [2.45, 2.75) is 34.1 Å². The molecule has 0 aliphatic rings. The van der Waals surface area contributed by atoms with Crippen LogP contribution in [0.5, 0.6) is 0 Å². The number of amides is 2. The molecular formula is C16H24N2O2. The second-order valence-electron chi connectivity index (χ2n) is 5.83. The van der Waals surface area contributed by atoms with Gasteiger partial charge in [-0.25, -0.2) is 0 Å². The average Bonchev–Trinajstić information content (AvgIpc) is 2.35. The van der Waals surface area contributed by atoms with Crippen LogP contribution in [0.3, 0.4) is 0 Å². The standard InChI is InChI=1S/C16H24N2O2/c1-11(2)8-15(19)18-14-7-5-6-13(9-14)16(20)17-10-12(3)4/h5-7,9,11-12H,8,10H2,1-4H3,(H,17,20)(H,18,19). The zero-order valence-corrected chi connectivity index (χ0v) is 12.7. The molecule has 0 aliphatic carbocycles. The van der Waals surface area contributed by atoms with E-state index in [1.807, 2.05) is 27.7 Å². The number of hydrogen-bond donors (Lipinski definition) is 2. The fourth-order valence-electron chi connectivity index (χ4n) is 1.72. The summed E-state index contributed by atoms with van der Waals surface area (Å²) in [6.45, 7) is 8.72. The molecule has 4 nitrogen and oxygen atoms in total. The minimum absolute atomic E-state index is 0.0280. The molecule has 2 N–H and O–H groups in total. The van der Waals surface area contributed by atoms with Crippen molar-refractivity contribution in [1.29, 1.82) is 0 Å². The molecule has 0 heterocycles. The van der Waals surface area contributed by atoms with Gasteiger partial charge in [0.25, 0.3) is 5.91 Å². The highest BCUT2D eigenvalue weighted by Gasteiger charge is 2.09. The topological polar surface area (TPSA) is 58.2 Å². The highest BCUT2D eigenvalue weighted by molar-refractivity contribution is 5.97. The summed E-state index contributed by atoms with van der Waals surface area (Å²) in [5, 5.41) is 5.67. The maximum Gasteiger partial charge on any atom is 0.251 e. The predicted molar refractivity (Wildman–Crippen MR) is 81.7 cm³/mol. The molecule has 0 bridgehead atoms. The number of rotatable bonds is 6. The molecule has 0 aliphatic heterocycles. The van der Waals surface area contributed by atoms with Crippen LogP contribution in [0.15, 0.2) is 24.3 Å². The second-order valence-corrected chi connectivity index (χ2v) is 5.83. The van der Waals surface area contributed by atoms with E-state index in [4.69, 9.17) is 0 Å². The number of benzene rings is 1. The van der Waals surface area contributed by atoms with E-state index in [0.717, 1.165) is 0 Å². The monoisotopic (exact) mass is 276 g/mol. The molecule has 20 heavy (non-hydrogen) atoms. The lowest BCUT2D eigenvalue weighted by Gasteiger charge is -2.10. The van der Waals surface area contributed by atoms with E-state index in [0.29, 0.717) is 36.1 Å². The molecular weight excluding hydrogens is 252 g/mol. The normalized spacial score (nSPS) is 10.7. The zero-order valence-electron chi connectivity index (χ0n) is 12.7. The van der Waals surface area contributed by atoms with Gasteiger partial charge in [0.2, 0.25) is 5.91 Å². The minimum Gasteiger partial charge on any atom is -0.352 e. The Kier molecular flexibility index (Phi) is 6.22. The quantitative estimate of drug-likeness (QED) is 0.839. The molecule has 0 saturated heterocycles. The van der Waals surface area contributed by atoms with Crippen molar-refractivity contribution < 1.29 is 9.59 Å². The second kappa shape index (κ2) is 7.68. The highest BCUT2D eigenvalue weighted by Crippen LogP contribution is 2.12. The molecule has 1 rings (SSSR count). The fourth-order valence-corrected chi connectivity index (χ4v) is 1.72. The van der Waals surface area contributed by atoms with Crippen LogP contribution in [0.25, 0.3) is 0 Å². The summed E-state index contributed by atoms with van der Waals surface area (Å²) in [6.07, 6.45) is 0.476. The van der Waals surface area contributed by atoms with Gasteiger partial charge in [-0.15, -0.1) is 0 Å². The van der Waals surface area contributed by atoms with Gasteiger partial charge < -0.3 is 10.6 Å².